The zero-order valence-corrected chi connectivity index (χ0v) is 14.6. The number of hydrogen-bond acceptors (Lipinski definition) is 4. The number of nitrogens with one attached hydrogen (secondary N) is 1. The summed E-state index contributed by atoms with van der Waals surface area (Å²) in [4.78, 5) is 14.5. The third-order valence-corrected chi connectivity index (χ3v) is 3.73. The molecule has 2 N–H and O–H groups in total. The van der Waals surface area contributed by atoms with Crippen molar-refractivity contribution < 1.29 is 14.6 Å². The number of aliphatic hydroxyl groups is 1. The molecule has 0 aromatic heterocycles. The lowest BCUT2D eigenvalue weighted by molar-refractivity contribution is -0.0226. The predicted molar refractivity (Wildman–Crippen MR) is 93.8 cm³/mol. The average Bonchev–Trinajstić information content (AvgIpc) is 2.52. The van der Waals surface area contributed by atoms with Crippen LogP contribution >= 0.6 is 0 Å². The van der Waals surface area contributed by atoms with Gasteiger partial charge in [0.05, 0.1) is 12.7 Å². The van der Waals surface area contributed by atoms with Crippen molar-refractivity contribution >= 4 is 5.91 Å². The van der Waals surface area contributed by atoms with Gasteiger partial charge in [0, 0.05) is 30.8 Å². The van der Waals surface area contributed by atoms with Crippen molar-refractivity contribution in [2.45, 2.75) is 32.0 Å². The molecule has 1 amide bonds. The maximum Gasteiger partial charge on any atom is 0.251 e. The van der Waals surface area contributed by atoms with Gasteiger partial charge in [0.2, 0.25) is 0 Å². The zero-order chi connectivity index (χ0) is 17.6. The summed E-state index contributed by atoms with van der Waals surface area (Å²) in [7, 11) is 2.08. The monoisotopic (exact) mass is 330 g/mol. The van der Waals surface area contributed by atoms with Gasteiger partial charge >= 0.3 is 0 Å². The van der Waals surface area contributed by atoms with Gasteiger partial charge in [-0.05, 0) is 45.5 Å². The van der Waals surface area contributed by atoms with Crippen LogP contribution in [0, 0.1) is 11.8 Å². The van der Waals surface area contributed by atoms with Gasteiger partial charge in [-0.2, -0.15) is 0 Å². The molecule has 1 fully saturated rings. The molecular formula is C19H26N2O3. The Balaban J connectivity index is 1.87. The van der Waals surface area contributed by atoms with Crippen LogP contribution in [0.5, 0.6) is 0 Å². The van der Waals surface area contributed by atoms with E-state index < -0.39 is 5.60 Å². The highest BCUT2D eigenvalue weighted by Crippen LogP contribution is 2.08. The van der Waals surface area contributed by atoms with Crippen molar-refractivity contribution in [2.75, 3.05) is 33.3 Å². The number of hydrogen-bond donors (Lipinski definition) is 2. The first-order valence-corrected chi connectivity index (χ1v) is 8.27. The van der Waals surface area contributed by atoms with Gasteiger partial charge in [-0.3, -0.25) is 4.79 Å². The highest BCUT2D eigenvalue weighted by molar-refractivity contribution is 5.94. The van der Waals surface area contributed by atoms with Crippen LogP contribution in [0.3, 0.4) is 0 Å². The third kappa shape index (κ3) is 6.32. The van der Waals surface area contributed by atoms with E-state index in [0.717, 1.165) is 26.1 Å². The van der Waals surface area contributed by atoms with Crippen LogP contribution in [0.25, 0.3) is 0 Å². The van der Waals surface area contributed by atoms with Crippen LogP contribution < -0.4 is 5.32 Å². The topological polar surface area (TPSA) is 61.8 Å². The van der Waals surface area contributed by atoms with Gasteiger partial charge in [-0.1, -0.05) is 17.9 Å². The van der Waals surface area contributed by atoms with E-state index in [1.165, 1.54) is 0 Å². The molecule has 1 aromatic rings. The molecule has 0 saturated carbocycles. The lowest BCUT2D eigenvalue weighted by Gasteiger charge is -2.30. The van der Waals surface area contributed by atoms with Crippen LogP contribution in [0.2, 0.25) is 0 Å². The minimum Gasteiger partial charge on any atom is -0.378 e. The molecule has 0 aliphatic carbocycles. The molecule has 24 heavy (non-hydrogen) atoms. The van der Waals surface area contributed by atoms with Crippen LogP contribution in [-0.2, 0) is 4.74 Å². The largest absolute Gasteiger partial charge is 0.378 e. The molecule has 1 aliphatic heterocycles. The molecule has 1 atom stereocenters. The molecule has 5 nitrogen and oxygen atoms in total. The predicted octanol–water partition coefficient (Wildman–Crippen LogP) is 1.26. The standard InChI is InChI=1S/C19H26N2O3/c1-19(2,23)9-7-15-5-4-6-16(13-15)18(22)20-10-8-17-14-21(3)11-12-24-17/h4-6,13,17,23H,8,10-12,14H2,1-3H3,(H,20,22). The second-order valence-electron chi connectivity index (χ2n) is 6.69. The fourth-order valence-electron chi connectivity index (χ4n) is 2.45. The van der Waals surface area contributed by atoms with Crippen LogP contribution in [-0.4, -0.2) is 60.9 Å². The quantitative estimate of drug-likeness (QED) is 0.816. The minimum atomic E-state index is -1.05. The summed E-state index contributed by atoms with van der Waals surface area (Å²) in [5.74, 6) is 5.51. The van der Waals surface area contributed by atoms with Crippen molar-refractivity contribution in [1.29, 1.82) is 0 Å². The van der Waals surface area contributed by atoms with Gasteiger partial charge in [-0.15, -0.1) is 0 Å². The van der Waals surface area contributed by atoms with E-state index in [4.69, 9.17) is 4.74 Å². The van der Waals surface area contributed by atoms with Crippen molar-refractivity contribution in [3.8, 4) is 11.8 Å². The van der Waals surface area contributed by atoms with Gasteiger partial charge in [0.25, 0.3) is 5.91 Å². The Hall–Kier alpha value is -1.87. The van der Waals surface area contributed by atoms with Gasteiger partial charge in [-0.25, -0.2) is 0 Å². The van der Waals surface area contributed by atoms with Crippen LogP contribution in [0.15, 0.2) is 24.3 Å². The number of carbonyl (C=O) groups is 1. The Bertz CT molecular complexity index is 625. The molecule has 1 aliphatic rings. The average molecular weight is 330 g/mol. The van der Waals surface area contributed by atoms with Crippen molar-refractivity contribution in [1.82, 2.24) is 10.2 Å². The number of likely N-dealkylation sites (N-methyl/N-ethyl adjacent to an activating group) is 1. The van der Waals surface area contributed by atoms with Gasteiger partial charge in [0.15, 0.2) is 0 Å². The molecular weight excluding hydrogens is 304 g/mol. The summed E-state index contributed by atoms with van der Waals surface area (Å²) in [5.41, 5.74) is 0.229. The Morgan fingerprint density at radius 2 is 2.29 bits per heavy atom. The number of rotatable bonds is 4. The third-order valence-electron chi connectivity index (χ3n) is 3.73. The summed E-state index contributed by atoms with van der Waals surface area (Å²) >= 11 is 0. The molecule has 130 valence electrons. The maximum atomic E-state index is 12.2. The van der Waals surface area contributed by atoms with E-state index >= 15 is 0 Å². The van der Waals surface area contributed by atoms with Gasteiger partial charge < -0.3 is 20.1 Å². The van der Waals surface area contributed by atoms with E-state index in [1.54, 1.807) is 32.0 Å². The molecule has 0 radical (unpaired) electrons. The first-order chi connectivity index (χ1) is 11.3. The highest BCUT2D eigenvalue weighted by Gasteiger charge is 2.17. The van der Waals surface area contributed by atoms with E-state index in [9.17, 15) is 9.90 Å². The smallest absolute Gasteiger partial charge is 0.251 e. The second-order valence-corrected chi connectivity index (χ2v) is 6.69. The second kappa shape index (κ2) is 8.29. The Morgan fingerprint density at radius 3 is 3.00 bits per heavy atom. The number of amides is 1. The Morgan fingerprint density at radius 1 is 1.50 bits per heavy atom. The number of nitrogens with zero attached hydrogens (tertiary/aromatic N) is 1. The Labute approximate surface area is 144 Å². The SMILES string of the molecule is CN1CCOC(CCNC(=O)c2cccc(C#CC(C)(C)O)c2)C1. The summed E-state index contributed by atoms with van der Waals surface area (Å²) in [6, 6.07) is 7.11. The number of carbonyl (C=O) groups excluding carboxylic acids is 1. The number of ether oxygens (including phenoxy) is 1. The molecule has 0 spiro atoms. The Kier molecular flexibility index (Phi) is 6.38. The molecule has 2 rings (SSSR count). The number of morpholine rings is 1. The zero-order valence-electron chi connectivity index (χ0n) is 14.6. The van der Waals surface area contributed by atoms with E-state index in [2.05, 4.69) is 29.1 Å². The fourth-order valence-corrected chi connectivity index (χ4v) is 2.45. The van der Waals surface area contributed by atoms with E-state index in [-0.39, 0.29) is 12.0 Å². The molecule has 1 heterocycles. The van der Waals surface area contributed by atoms with Crippen molar-refractivity contribution in [3.63, 3.8) is 0 Å². The summed E-state index contributed by atoms with van der Waals surface area (Å²) in [5, 5.41) is 12.6. The fraction of sp³-hybridized carbons (Fsp3) is 0.526. The maximum absolute atomic E-state index is 12.2. The molecule has 1 aromatic carbocycles. The minimum absolute atomic E-state index is 0.119. The summed E-state index contributed by atoms with van der Waals surface area (Å²) in [6.45, 7) is 6.44. The molecule has 1 unspecified atom stereocenters. The van der Waals surface area contributed by atoms with Gasteiger partial charge in [0.1, 0.15) is 5.60 Å². The van der Waals surface area contributed by atoms with E-state index in [1.807, 2.05) is 6.07 Å². The number of benzene rings is 1. The van der Waals surface area contributed by atoms with Crippen molar-refractivity contribution in [2.24, 2.45) is 0 Å². The highest BCUT2D eigenvalue weighted by atomic mass is 16.5. The summed E-state index contributed by atoms with van der Waals surface area (Å²) < 4.78 is 5.68. The molecule has 5 heteroatoms. The molecule has 1 saturated heterocycles. The first kappa shape index (κ1) is 18.5. The lowest BCUT2D eigenvalue weighted by atomic mass is 10.1. The first-order valence-electron chi connectivity index (χ1n) is 8.27. The van der Waals surface area contributed by atoms with Crippen molar-refractivity contribution in [3.05, 3.63) is 35.4 Å². The lowest BCUT2D eigenvalue weighted by Crippen LogP contribution is -2.41. The van der Waals surface area contributed by atoms with Crippen LogP contribution in [0.1, 0.15) is 36.2 Å². The van der Waals surface area contributed by atoms with E-state index in [0.29, 0.717) is 17.7 Å². The summed E-state index contributed by atoms with van der Waals surface area (Å²) in [6.07, 6.45) is 0.974. The van der Waals surface area contributed by atoms with Crippen LogP contribution in [0.4, 0.5) is 0 Å². The molecule has 0 bridgehead atoms. The normalized spacial score (nSPS) is 18.6.